The molecule has 2 aromatic rings. The van der Waals surface area contributed by atoms with Gasteiger partial charge in [0.1, 0.15) is 11.5 Å². The predicted octanol–water partition coefficient (Wildman–Crippen LogP) is 3.39. The number of nitrogens with zero attached hydrogens (tertiary/aromatic N) is 3. The van der Waals surface area contributed by atoms with E-state index in [4.69, 9.17) is 4.42 Å². The molecule has 8 heteroatoms. The molecule has 3 aliphatic carbocycles. The molecule has 1 spiro atoms. The third kappa shape index (κ3) is 2.18. The van der Waals surface area contributed by atoms with Crippen LogP contribution in [0, 0.1) is 39.2 Å². The zero-order valence-electron chi connectivity index (χ0n) is 15.8. The van der Waals surface area contributed by atoms with Gasteiger partial charge in [-0.1, -0.05) is 12.2 Å². The number of furan rings is 1. The lowest BCUT2D eigenvalue weighted by Gasteiger charge is -2.18. The van der Waals surface area contributed by atoms with Crippen LogP contribution in [0.1, 0.15) is 18.6 Å². The maximum absolute atomic E-state index is 12.9. The van der Waals surface area contributed by atoms with Crippen LogP contribution in [0.15, 0.2) is 58.1 Å². The molecule has 8 nitrogen and oxygen atoms in total. The van der Waals surface area contributed by atoms with Crippen LogP contribution in [-0.4, -0.2) is 28.0 Å². The average molecular weight is 403 g/mol. The summed E-state index contributed by atoms with van der Waals surface area (Å²) in [7, 11) is 0. The van der Waals surface area contributed by atoms with E-state index in [0.717, 1.165) is 17.9 Å². The van der Waals surface area contributed by atoms with Crippen LogP contribution in [-0.2, 0) is 9.59 Å². The Morgan fingerprint density at radius 3 is 2.23 bits per heavy atom. The Hall–Kier alpha value is -3.55. The normalized spacial score (nSPS) is 30.1. The zero-order chi connectivity index (χ0) is 20.6. The summed E-state index contributed by atoms with van der Waals surface area (Å²) in [4.78, 5) is 36.1. The van der Waals surface area contributed by atoms with Crippen molar-refractivity contribution in [2.75, 3.05) is 0 Å². The van der Waals surface area contributed by atoms with Crippen molar-refractivity contribution >= 4 is 23.7 Å². The number of nitro benzene ring substituents is 1. The van der Waals surface area contributed by atoms with Crippen molar-refractivity contribution in [1.82, 2.24) is 5.01 Å². The van der Waals surface area contributed by atoms with E-state index >= 15 is 0 Å². The number of carbonyl (C=O) groups is 2. The van der Waals surface area contributed by atoms with Gasteiger partial charge in [-0.25, -0.2) is 0 Å². The van der Waals surface area contributed by atoms with Crippen LogP contribution < -0.4 is 0 Å². The minimum Gasteiger partial charge on any atom is -0.455 e. The zero-order valence-corrected chi connectivity index (χ0v) is 15.8. The predicted molar refractivity (Wildman–Crippen MR) is 105 cm³/mol. The molecule has 1 aromatic carbocycles. The second kappa shape index (κ2) is 5.75. The lowest BCUT2D eigenvalue weighted by atomic mass is 9.85. The van der Waals surface area contributed by atoms with Crippen LogP contribution in [0.3, 0.4) is 0 Å². The summed E-state index contributed by atoms with van der Waals surface area (Å²) in [6.07, 6.45) is 7.82. The number of imide groups is 1. The Kier molecular flexibility index (Phi) is 3.32. The molecular formula is C22H17N3O5. The van der Waals surface area contributed by atoms with Crippen molar-refractivity contribution < 1.29 is 18.9 Å². The minimum absolute atomic E-state index is 0.000123. The second-order valence-corrected chi connectivity index (χ2v) is 8.46. The SMILES string of the molecule is O=C1[C@@H]2[C@@H](C(=O)N1/N=C\c1ccc(-c3ccc([N+](=O)[O-])cc3)o1)[C@@H]1C=C[C@@H]2C12CC2. The summed E-state index contributed by atoms with van der Waals surface area (Å²) in [5.41, 5.74) is 0.845. The first-order valence-corrected chi connectivity index (χ1v) is 9.94. The molecule has 0 N–H and O–H groups in total. The molecule has 6 rings (SSSR count). The van der Waals surface area contributed by atoms with Crippen molar-refractivity contribution in [3.05, 3.63) is 64.4 Å². The highest BCUT2D eigenvalue weighted by Crippen LogP contribution is 2.73. The molecule has 1 aliphatic heterocycles. The fraction of sp³-hybridized carbons (Fsp3) is 0.318. The van der Waals surface area contributed by atoms with Crippen LogP contribution in [0.25, 0.3) is 11.3 Å². The minimum atomic E-state index is -0.462. The lowest BCUT2D eigenvalue weighted by Crippen LogP contribution is -2.30. The lowest BCUT2D eigenvalue weighted by molar-refractivity contribution is -0.384. The summed E-state index contributed by atoms with van der Waals surface area (Å²) in [5.74, 6) is 0.251. The largest absolute Gasteiger partial charge is 0.455 e. The molecular weight excluding hydrogens is 386 g/mol. The summed E-state index contributed by atoms with van der Waals surface area (Å²) in [5, 5.41) is 15.9. The van der Waals surface area contributed by atoms with E-state index in [2.05, 4.69) is 17.3 Å². The number of hydrogen-bond acceptors (Lipinski definition) is 6. The first-order chi connectivity index (χ1) is 14.5. The van der Waals surface area contributed by atoms with Crippen molar-refractivity contribution in [2.45, 2.75) is 12.8 Å². The molecule has 3 fully saturated rings. The van der Waals surface area contributed by atoms with E-state index in [1.54, 1.807) is 24.3 Å². The van der Waals surface area contributed by atoms with Gasteiger partial charge < -0.3 is 4.42 Å². The van der Waals surface area contributed by atoms with Gasteiger partial charge in [-0.05, 0) is 54.4 Å². The van der Waals surface area contributed by atoms with Crippen molar-refractivity contribution in [3.63, 3.8) is 0 Å². The quantitative estimate of drug-likeness (QED) is 0.256. The third-order valence-electron chi connectivity index (χ3n) is 7.12. The second-order valence-electron chi connectivity index (χ2n) is 8.46. The summed E-state index contributed by atoms with van der Waals surface area (Å²) >= 11 is 0. The first kappa shape index (κ1) is 17.3. The van der Waals surface area contributed by atoms with Gasteiger partial charge in [0.15, 0.2) is 0 Å². The molecule has 30 heavy (non-hydrogen) atoms. The van der Waals surface area contributed by atoms with Gasteiger partial charge in [0.25, 0.3) is 17.5 Å². The Morgan fingerprint density at radius 2 is 1.67 bits per heavy atom. The molecule has 1 saturated heterocycles. The molecule has 4 atom stereocenters. The molecule has 2 amide bonds. The van der Waals surface area contributed by atoms with E-state index in [1.807, 2.05) is 0 Å². The summed E-state index contributed by atoms with van der Waals surface area (Å²) in [6, 6.07) is 9.40. The topological polar surface area (TPSA) is 106 Å². The smallest absolute Gasteiger partial charge is 0.269 e. The van der Waals surface area contributed by atoms with Gasteiger partial charge in [0, 0.05) is 17.7 Å². The number of allylic oxidation sites excluding steroid dienone is 2. The van der Waals surface area contributed by atoms with Gasteiger partial charge >= 0.3 is 0 Å². The molecule has 4 aliphatic rings. The summed E-state index contributed by atoms with van der Waals surface area (Å²) in [6.45, 7) is 0. The van der Waals surface area contributed by atoms with Crippen LogP contribution in [0.4, 0.5) is 5.69 Å². The maximum Gasteiger partial charge on any atom is 0.269 e. The molecule has 2 bridgehead atoms. The molecule has 0 radical (unpaired) electrons. The number of amides is 2. The van der Waals surface area contributed by atoms with Gasteiger partial charge in [-0.15, -0.1) is 0 Å². The number of hydrogen-bond donors (Lipinski definition) is 0. The highest BCUT2D eigenvalue weighted by atomic mass is 16.6. The summed E-state index contributed by atoms with van der Waals surface area (Å²) < 4.78 is 5.71. The first-order valence-electron chi connectivity index (χ1n) is 9.94. The number of benzene rings is 1. The number of hydrazone groups is 1. The van der Waals surface area contributed by atoms with E-state index < -0.39 is 4.92 Å². The Morgan fingerprint density at radius 1 is 1.03 bits per heavy atom. The highest BCUT2D eigenvalue weighted by molar-refractivity contribution is 6.07. The number of rotatable bonds is 4. The number of fused-ring (bicyclic) bond motifs is 3. The van der Waals surface area contributed by atoms with Crippen LogP contribution >= 0.6 is 0 Å². The molecule has 1 aromatic heterocycles. The molecule has 0 unspecified atom stereocenters. The van der Waals surface area contributed by atoms with Crippen molar-refractivity contribution in [1.29, 1.82) is 0 Å². The Balaban J connectivity index is 1.21. The monoisotopic (exact) mass is 403 g/mol. The van der Waals surface area contributed by atoms with Crippen LogP contribution in [0.2, 0.25) is 0 Å². The molecule has 150 valence electrons. The van der Waals surface area contributed by atoms with Crippen molar-refractivity contribution in [3.8, 4) is 11.3 Å². The van der Waals surface area contributed by atoms with Gasteiger partial charge in [0.2, 0.25) is 0 Å². The van der Waals surface area contributed by atoms with Gasteiger partial charge in [-0.3, -0.25) is 19.7 Å². The highest BCUT2D eigenvalue weighted by Gasteiger charge is 2.73. The number of nitro groups is 1. The Labute approximate surface area is 171 Å². The van der Waals surface area contributed by atoms with E-state index in [1.165, 1.54) is 18.3 Å². The van der Waals surface area contributed by atoms with Crippen molar-refractivity contribution in [2.24, 2.45) is 34.2 Å². The van der Waals surface area contributed by atoms with E-state index in [0.29, 0.717) is 17.1 Å². The van der Waals surface area contributed by atoms with Gasteiger partial charge in [-0.2, -0.15) is 10.1 Å². The fourth-order valence-electron chi connectivity index (χ4n) is 5.62. The Bertz CT molecular complexity index is 1120. The maximum atomic E-state index is 12.9. The fourth-order valence-corrected chi connectivity index (χ4v) is 5.62. The van der Waals surface area contributed by atoms with Gasteiger partial charge in [0.05, 0.1) is 23.0 Å². The number of carbonyl (C=O) groups excluding carboxylic acids is 2. The molecule has 2 heterocycles. The van der Waals surface area contributed by atoms with Crippen LogP contribution in [0.5, 0.6) is 0 Å². The molecule has 2 saturated carbocycles. The average Bonchev–Trinajstić information content (AvgIpc) is 3.03. The van der Waals surface area contributed by atoms with E-state index in [9.17, 15) is 19.7 Å². The standard InChI is InChI=1S/C22H17N3O5/c26-20-18-15-6-7-16(22(15)9-10-22)19(18)21(27)24(20)23-11-14-5-8-17(30-14)12-1-3-13(4-2-12)25(28)29/h1-8,11,15-16,18-19H,9-10H2/b23-11-/t15-,16-,18-,19-/m0/s1. The third-order valence-corrected chi connectivity index (χ3v) is 7.12. The van der Waals surface area contributed by atoms with E-state index in [-0.39, 0.29) is 46.6 Å². The number of non-ortho nitro benzene ring substituents is 1.